The summed E-state index contributed by atoms with van der Waals surface area (Å²) in [7, 11) is -2.49. The summed E-state index contributed by atoms with van der Waals surface area (Å²) >= 11 is 2.20. The molecule has 0 bridgehead atoms. The quantitative estimate of drug-likeness (QED) is 0.414. The van der Waals surface area contributed by atoms with Crippen molar-refractivity contribution in [3.8, 4) is 0 Å². The van der Waals surface area contributed by atoms with Crippen LogP contribution < -0.4 is 0 Å². The lowest BCUT2D eigenvalue weighted by atomic mass is 10.0. The fourth-order valence-corrected chi connectivity index (χ4v) is 6.31. The van der Waals surface area contributed by atoms with Crippen LogP contribution in [0, 0.1) is 6.92 Å². The molecule has 3 atom stereocenters. The zero-order chi connectivity index (χ0) is 16.7. The number of methoxy groups -OCH3 is 1. The molecule has 1 heterocycles. The average molecular weight is 437 g/mol. The molecule has 2 rings (SSSR count). The number of hydrogen-bond donors (Lipinski definition) is 0. The number of hydrogen-bond acceptors (Lipinski definition) is 4. The van der Waals surface area contributed by atoms with Gasteiger partial charge in [-0.1, -0.05) is 40.3 Å². The summed E-state index contributed by atoms with van der Waals surface area (Å²) in [5, 5.41) is 0. The maximum absolute atomic E-state index is 13.1. The molecule has 0 aliphatic carbocycles. The van der Waals surface area contributed by atoms with Gasteiger partial charge in [-0.25, -0.2) is 8.42 Å². The molecule has 7 heteroatoms. The van der Waals surface area contributed by atoms with Gasteiger partial charge in [-0.15, -0.1) is 0 Å². The second-order valence-corrected chi connectivity index (χ2v) is 9.25. The first-order chi connectivity index (χ1) is 10.1. The molecule has 122 valence electrons. The molecule has 0 aromatic heterocycles. The fraction of sp³-hybridized carbons (Fsp3) is 0.533. The second-order valence-electron chi connectivity index (χ2n) is 5.84. The van der Waals surface area contributed by atoms with E-state index in [9.17, 15) is 13.2 Å². The van der Waals surface area contributed by atoms with Crippen molar-refractivity contribution in [1.82, 2.24) is 4.31 Å². The van der Waals surface area contributed by atoms with E-state index >= 15 is 0 Å². The Morgan fingerprint density at radius 2 is 1.91 bits per heavy atom. The van der Waals surface area contributed by atoms with Crippen LogP contribution in [0.3, 0.4) is 0 Å². The highest BCUT2D eigenvalue weighted by Gasteiger charge is 2.57. The van der Waals surface area contributed by atoms with Crippen molar-refractivity contribution in [2.24, 2.45) is 0 Å². The molecule has 0 radical (unpaired) electrons. The minimum absolute atomic E-state index is 0.0434. The third-order valence-electron chi connectivity index (χ3n) is 4.18. The van der Waals surface area contributed by atoms with E-state index in [1.807, 2.05) is 13.8 Å². The van der Waals surface area contributed by atoms with E-state index in [1.165, 1.54) is 11.4 Å². The van der Waals surface area contributed by atoms with E-state index in [4.69, 9.17) is 4.74 Å². The molecule has 1 saturated heterocycles. The highest BCUT2D eigenvalue weighted by atomic mass is 127. The van der Waals surface area contributed by atoms with Gasteiger partial charge in [0.05, 0.1) is 12.0 Å². The second kappa shape index (κ2) is 6.09. The summed E-state index contributed by atoms with van der Waals surface area (Å²) in [6.07, 6.45) is 0.437. The molecule has 1 fully saturated rings. The monoisotopic (exact) mass is 437 g/mol. The Balaban J connectivity index is 2.55. The summed E-state index contributed by atoms with van der Waals surface area (Å²) in [6.45, 7) is 5.37. The summed E-state index contributed by atoms with van der Waals surface area (Å²) in [6, 6.07) is 6.39. The lowest BCUT2D eigenvalue weighted by Crippen LogP contribution is -2.53. The van der Waals surface area contributed by atoms with Gasteiger partial charge in [0.15, 0.2) is 0 Å². The Hall–Kier alpha value is -0.670. The molecule has 1 aliphatic heterocycles. The molecular weight excluding hydrogens is 417 g/mol. The van der Waals surface area contributed by atoms with Crippen LogP contribution in [0.2, 0.25) is 0 Å². The number of carbonyl (C=O) groups is 1. The maximum atomic E-state index is 13.1. The van der Waals surface area contributed by atoms with Gasteiger partial charge < -0.3 is 4.74 Å². The molecule has 1 aromatic carbocycles. The predicted octanol–water partition coefficient (Wildman–Crippen LogP) is 2.51. The minimum Gasteiger partial charge on any atom is -0.468 e. The lowest BCUT2D eigenvalue weighted by Gasteiger charge is -2.33. The first-order valence-corrected chi connectivity index (χ1v) is 9.67. The highest BCUT2D eigenvalue weighted by molar-refractivity contribution is 14.1. The third kappa shape index (κ3) is 2.78. The van der Waals surface area contributed by atoms with Crippen LogP contribution in [0.5, 0.6) is 0 Å². The van der Waals surface area contributed by atoms with Crippen LogP contribution in [-0.4, -0.2) is 41.3 Å². The van der Waals surface area contributed by atoms with Crippen molar-refractivity contribution in [3.63, 3.8) is 0 Å². The topological polar surface area (TPSA) is 63.7 Å². The Kier molecular flexibility index (Phi) is 4.89. The molecule has 1 aliphatic rings. The minimum atomic E-state index is -3.77. The molecule has 0 unspecified atom stereocenters. The van der Waals surface area contributed by atoms with E-state index < -0.39 is 21.5 Å². The predicted molar refractivity (Wildman–Crippen MR) is 92.5 cm³/mol. The van der Waals surface area contributed by atoms with E-state index in [2.05, 4.69) is 22.6 Å². The summed E-state index contributed by atoms with van der Waals surface area (Å²) < 4.78 is 32.3. The van der Waals surface area contributed by atoms with Crippen molar-refractivity contribution < 1.29 is 17.9 Å². The SMILES string of the molecule is COC(=O)[C@@]1(C)C[C@H](I)[C@@H](C)N1S(=O)(=O)c1ccc(C)cc1. The number of esters is 1. The largest absolute Gasteiger partial charge is 0.468 e. The first-order valence-electron chi connectivity index (χ1n) is 6.98. The number of alkyl halides is 1. The van der Waals surface area contributed by atoms with Gasteiger partial charge in [0.2, 0.25) is 10.0 Å². The average Bonchev–Trinajstić information content (AvgIpc) is 2.70. The molecule has 0 N–H and O–H groups in total. The van der Waals surface area contributed by atoms with Gasteiger partial charge >= 0.3 is 5.97 Å². The number of ether oxygens (including phenoxy) is 1. The highest BCUT2D eigenvalue weighted by Crippen LogP contribution is 2.42. The molecule has 0 saturated carbocycles. The van der Waals surface area contributed by atoms with Gasteiger partial charge in [-0.05, 0) is 39.3 Å². The molecule has 22 heavy (non-hydrogen) atoms. The van der Waals surface area contributed by atoms with Crippen molar-refractivity contribution in [1.29, 1.82) is 0 Å². The standard InChI is InChI=1S/C15H20INO4S/c1-10-5-7-12(8-6-10)22(19,20)17-11(2)13(16)9-15(17,3)14(18)21-4/h5-8,11,13H,9H2,1-4H3/t11-,13+,15-/m1/s1. The van der Waals surface area contributed by atoms with Crippen LogP contribution >= 0.6 is 22.6 Å². The maximum Gasteiger partial charge on any atom is 0.327 e. The molecule has 0 spiro atoms. The zero-order valence-corrected chi connectivity index (χ0v) is 16.0. The molecule has 0 amide bonds. The first kappa shape index (κ1) is 17.7. The Labute approximate surface area is 145 Å². The van der Waals surface area contributed by atoms with E-state index in [0.717, 1.165) is 5.56 Å². The van der Waals surface area contributed by atoms with Gasteiger partial charge in [0.25, 0.3) is 0 Å². The van der Waals surface area contributed by atoms with E-state index in [1.54, 1.807) is 31.2 Å². The van der Waals surface area contributed by atoms with Crippen molar-refractivity contribution >= 4 is 38.6 Å². The van der Waals surface area contributed by atoms with Crippen molar-refractivity contribution in [2.45, 2.75) is 47.6 Å². The number of benzene rings is 1. The lowest BCUT2D eigenvalue weighted by molar-refractivity contribution is -0.150. The van der Waals surface area contributed by atoms with E-state index in [0.29, 0.717) is 6.42 Å². The molecular formula is C15H20INO4S. The number of halogens is 1. The van der Waals surface area contributed by atoms with Crippen LogP contribution in [0.1, 0.15) is 25.8 Å². The number of aryl methyl sites for hydroxylation is 1. The van der Waals surface area contributed by atoms with Crippen LogP contribution in [0.25, 0.3) is 0 Å². The van der Waals surface area contributed by atoms with Gasteiger partial charge in [-0.3, -0.25) is 4.79 Å². The van der Waals surface area contributed by atoms with Crippen LogP contribution in [0.4, 0.5) is 0 Å². The molecule has 5 nitrogen and oxygen atoms in total. The van der Waals surface area contributed by atoms with Crippen molar-refractivity contribution in [2.75, 3.05) is 7.11 Å². The number of nitrogens with zero attached hydrogens (tertiary/aromatic N) is 1. The zero-order valence-electron chi connectivity index (χ0n) is 13.0. The Morgan fingerprint density at radius 3 is 2.41 bits per heavy atom. The number of rotatable bonds is 3. The number of carbonyl (C=O) groups excluding carboxylic acids is 1. The van der Waals surface area contributed by atoms with Crippen molar-refractivity contribution in [3.05, 3.63) is 29.8 Å². The van der Waals surface area contributed by atoms with Crippen LogP contribution in [-0.2, 0) is 19.6 Å². The van der Waals surface area contributed by atoms with Gasteiger partial charge in [-0.2, -0.15) is 4.31 Å². The normalized spacial score (nSPS) is 29.5. The Bertz CT molecular complexity index is 673. The fourth-order valence-electron chi connectivity index (χ4n) is 2.94. The van der Waals surface area contributed by atoms with Gasteiger partial charge in [0.1, 0.15) is 5.54 Å². The van der Waals surface area contributed by atoms with Crippen LogP contribution in [0.15, 0.2) is 29.2 Å². The van der Waals surface area contributed by atoms with Gasteiger partial charge in [0, 0.05) is 9.97 Å². The summed E-state index contributed by atoms with van der Waals surface area (Å²) in [5.41, 5.74) is -0.195. The smallest absolute Gasteiger partial charge is 0.327 e. The van der Waals surface area contributed by atoms with E-state index in [-0.39, 0.29) is 14.9 Å². The summed E-state index contributed by atoms with van der Waals surface area (Å²) in [4.78, 5) is 12.4. The number of sulfonamides is 1. The third-order valence-corrected chi connectivity index (χ3v) is 7.78. The molecule has 1 aromatic rings. The summed E-state index contributed by atoms with van der Waals surface area (Å²) in [5.74, 6) is -0.519. The Morgan fingerprint density at radius 1 is 1.36 bits per heavy atom.